The second kappa shape index (κ2) is 10.1. The Balaban J connectivity index is 1.33. The van der Waals surface area contributed by atoms with Crippen LogP contribution < -0.4 is 10.6 Å². The molecule has 1 saturated heterocycles. The Morgan fingerprint density at radius 2 is 1.85 bits per heavy atom. The maximum atomic E-state index is 11.9. The third-order valence-electron chi connectivity index (χ3n) is 5.69. The Bertz CT molecular complexity index is 464. The molecule has 2 saturated carbocycles. The van der Waals surface area contributed by atoms with E-state index >= 15 is 0 Å². The van der Waals surface area contributed by atoms with Crippen molar-refractivity contribution in [3.8, 4) is 0 Å². The smallest absolute Gasteiger partial charge is 0.306 e. The number of hydrogen-bond donors (Lipinski definition) is 2. The zero-order valence-corrected chi connectivity index (χ0v) is 16.3. The summed E-state index contributed by atoms with van der Waals surface area (Å²) in [5.41, 5.74) is 0. The van der Waals surface area contributed by atoms with Crippen LogP contribution in [0.5, 0.6) is 0 Å². The van der Waals surface area contributed by atoms with Gasteiger partial charge in [0.15, 0.2) is 5.96 Å². The number of likely N-dealkylation sites (tertiary alicyclic amines) is 1. The first-order valence-electron chi connectivity index (χ1n) is 10.7. The lowest BCUT2D eigenvalue weighted by molar-refractivity contribution is -0.148. The van der Waals surface area contributed by atoms with Crippen molar-refractivity contribution < 1.29 is 9.53 Å². The lowest BCUT2D eigenvalue weighted by atomic mass is 10.1. The summed E-state index contributed by atoms with van der Waals surface area (Å²) in [5, 5.41) is 6.91. The molecule has 2 aliphatic carbocycles. The monoisotopic (exact) mass is 364 g/mol. The largest absolute Gasteiger partial charge is 0.462 e. The molecule has 0 aromatic rings. The molecule has 148 valence electrons. The molecule has 0 radical (unpaired) electrons. The molecule has 26 heavy (non-hydrogen) atoms. The van der Waals surface area contributed by atoms with Gasteiger partial charge in [0.25, 0.3) is 0 Å². The van der Waals surface area contributed by atoms with Crippen LogP contribution >= 0.6 is 0 Å². The van der Waals surface area contributed by atoms with Crippen LogP contribution in [0.3, 0.4) is 0 Å². The zero-order chi connectivity index (χ0) is 18.2. The molecule has 0 bridgehead atoms. The quantitative estimate of drug-likeness (QED) is 0.300. The van der Waals surface area contributed by atoms with Crippen molar-refractivity contribution in [2.45, 2.75) is 89.3 Å². The standard InChI is InChI=1S/C20H36N4O2/c1-2-21-20(23-16-11-14-24(15-12-16)17-9-10-17)22-13-5-8-19(25)26-18-6-3-4-7-18/h16-18H,2-15H2,1H3,(H2,21,22,23). The molecule has 0 aromatic heterocycles. The highest BCUT2D eigenvalue weighted by Crippen LogP contribution is 2.29. The van der Waals surface area contributed by atoms with Gasteiger partial charge in [0, 0.05) is 44.7 Å². The fourth-order valence-corrected chi connectivity index (χ4v) is 4.03. The van der Waals surface area contributed by atoms with Crippen LogP contribution in [0, 0.1) is 0 Å². The summed E-state index contributed by atoms with van der Waals surface area (Å²) in [6.07, 6.45) is 11.0. The fraction of sp³-hybridized carbons (Fsp3) is 0.900. The number of nitrogens with one attached hydrogen (secondary N) is 2. The molecule has 0 spiro atoms. The van der Waals surface area contributed by atoms with Gasteiger partial charge >= 0.3 is 5.97 Å². The number of nitrogens with zero attached hydrogens (tertiary/aromatic N) is 2. The maximum absolute atomic E-state index is 11.9. The lowest BCUT2D eigenvalue weighted by Crippen LogP contribution is -2.49. The van der Waals surface area contributed by atoms with Crippen molar-refractivity contribution in [3.63, 3.8) is 0 Å². The highest BCUT2D eigenvalue weighted by Gasteiger charge is 2.31. The van der Waals surface area contributed by atoms with E-state index in [0.29, 0.717) is 19.0 Å². The first kappa shape index (κ1) is 19.5. The van der Waals surface area contributed by atoms with E-state index < -0.39 is 0 Å². The number of carbonyl (C=O) groups excluding carboxylic acids is 1. The number of rotatable bonds is 8. The van der Waals surface area contributed by atoms with Crippen molar-refractivity contribution in [2.24, 2.45) is 4.99 Å². The Hall–Kier alpha value is -1.30. The van der Waals surface area contributed by atoms with Crippen LogP contribution in [0.1, 0.15) is 71.1 Å². The number of ether oxygens (including phenoxy) is 1. The molecule has 6 heteroatoms. The highest BCUT2D eigenvalue weighted by molar-refractivity contribution is 5.80. The van der Waals surface area contributed by atoms with Gasteiger partial charge in [-0.25, -0.2) is 0 Å². The van der Waals surface area contributed by atoms with Crippen LogP contribution in [0.2, 0.25) is 0 Å². The number of esters is 1. The van der Waals surface area contributed by atoms with Crippen molar-refractivity contribution >= 4 is 11.9 Å². The predicted octanol–water partition coefficient (Wildman–Crippen LogP) is 2.43. The van der Waals surface area contributed by atoms with Gasteiger partial charge in [0.05, 0.1) is 0 Å². The van der Waals surface area contributed by atoms with E-state index in [9.17, 15) is 4.79 Å². The van der Waals surface area contributed by atoms with Crippen LogP contribution in [-0.2, 0) is 9.53 Å². The minimum atomic E-state index is -0.0579. The van der Waals surface area contributed by atoms with Crippen LogP contribution in [0.4, 0.5) is 0 Å². The normalized spacial score (nSPS) is 23.2. The molecule has 1 heterocycles. The van der Waals surface area contributed by atoms with Crippen molar-refractivity contribution in [1.82, 2.24) is 15.5 Å². The van der Waals surface area contributed by atoms with Crippen molar-refractivity contribution in [3.05, 3.63) is 0 Å². The second-order valence-electron chi connectivity index (χ2n) is 7.95. The third kappa shape index (κ3) is 6.45. The molecule has 1 aliphatic heterocycles. The number of aliphatic imine (C=N–C) groups is 1. The average Bonchev–Trinajstić information content (AvgIpc) is 3.37. The molecular formula is C20H36N4O2. The predicted molar refractivity (Wildman–Crippen MR) is 104 cm³/mol. The lowest BCUT2D eigenvalue weighted by Gasteiger charge is -2.33. The van der Waals surface area contributed by atoms with Crippen molar-refractivity contribution in [2.75, 3.05) is 26.2 Å². The molecule has 3 aliphatic rings. The first-order valence-corrected chi connectivity index (χ1v) is 10.7. The van der Waals surface area contributed by atoms with Gasteiger partial charge in [-0.1, -0.05) is 0 Å². The Morgan fingerprint density at radius 3 is 2.50 bits per heavy atom. The summed E-state index contributed by atoms with van der Waals surface area (Å²) >= 11 is 0. The minimum Gasteiger partial charge on any atom is -0.462 e. The van der Waals surface area contributed by atoms with Gasteiger partial charge in [0.1, 0.15) is 6.10 Å². The van der Waals surface area contributed by atoms with Crippen LogP contribution in [0.15, 0.2) is 4.99 Å². The van der Waals surface area contributed by atoms with Crippen molar-refractivity contribution in [1.29, 1.82) is 0 Å². The summed E-state index contributed by atoms with van der Waals surface area (Å²) in [6.45, 7) is 6.02. The Labute approximate surface area is 158 Å². The Kier molecular flexibility index (Phi) is 7.59. The number of hydrogen-bond acceptors (Lipinski definition) is 4. The topological polar surface area (TPSA) is 66.0 Å². The molecule has 3 fully saturated rings. The van der Waals surface area contributed by atoms with Crippen LogP contribution in [-0.4, -0.2) is 61.2 Å². The summed E-state index contributed by atoms with van der Waals surface area (Å²) < 4.78 is 5.50. The van der Waals surface area contributed by atoms with Gasteiger partial charge in [-0.3, -0.25) is 9.79 Å². The SMILES string of the molecule is CCNC(=NCCCC(=O)OC1CCCC1)NC1CCN(C2CC2)CC1. The highest BCUT2D eigenvalue weighted by atomic mass is 16.5. The van der Waals surface area contributed by atoms with E-state index in [1.807, 2.05) is 0 Å². The molecule has 3 rings (SSSR count). The molecule has 6 nitrogen and oxygen atoms in total. The van der Waals surface area contributed by atoms with Gasteiger partial charge in [-0.2, -0.15) is 0 Å². The van der Waals surface area contributed by atoms with Crippen LogP contribution in [0.25, 0.3) is 0 Å². The number of guanidine groups is 1. The minimum absolute atomic E-state index is 0.0579. The Morgan fingerprint density at radius 1 is 1.12 bits per heavy atom. The van der Waals surface area contributed by atoms with E-state index in [2.05, 4.69) is 27.4 Å². The molecule has 0 unspecified atom stereocenters. The van der Waals surface area contributed by atoms with E-state index in [1.165, 1.54) is 51.6 Å². The first-order chi connectivity index (χ1) is 12.7. The average molecular weight is 365 g/mol. The molecule has 0 aromatic carbocycles. The van der Waals surface area contributed by atoms with Gasteiger partial charge in [-0.05, 0) is 64.7 Å². The van der Waals surface area contributed by atoms with E-state index in [0.717, 1.165) is 37.8 Å². The van der Waals surface area contributed by atoms with Gasteiger partial charge in [-0.15, -0.1) is 0 Å². The zero-order valence-electron chi connectivity index (χ0n) is 16.3. The fourth-order valence-electron chi connectivity index (χ4n) is 4.03. The van der Waals surface area contributed by atoms with E-state index in [1.54, 1.807) is 0 Å². The number of carbonyl (C=O) groups is 1. The second-order valence-corrected chi connectivity index (χ2v) is 7.95. The van der Waals surface area contributed by atoms with Gasteiger partial charge in [0.2, 0.25) is 0 Å². The molecule has 0 amide bonds. The van der Waals surface area contributed by atoms with E-state index in [4.69, 9.17) is 4.74 Å². The van der Waals surface area contributed by atoms with Gasteiger partial charge < -0.3 is 20.3 Å². The molecule has 2 N–H and O–H groups in total. The molecular weight excluding hydrogens is 328 g/mol. The molecule has 0 atom stereocenters. The summed E-state index contributed by atoms with van der Waals surface area (Å²) in [4.78, 5) is 19.2. The summed E-state index contributed by atoms with van der Waals surface area (Å²) in [6, 6.07) is 1.39. The maximum Gasteiger partial charge on any atom is 0.306 e. The summed E-state index contributed by atoms with van der Waals surface area (Å²) in [7, 11) is 0. The summed E-state index contributed by atoms with van der Waals surface area (Å²) in [5.74, 6) is 0.832. The number of piperidine rings is 1. The van der Waals surface area contributed by atoms with E-state index in [-0.39, 0.29) is 12.1 Å². The third-order valence-corrected chi connectivity index (χ3v) is 5.69.